The van der Waals surface area contributed by atoms with Crippen molar-refractivity contribution in [3.05, 3.63) is 85.1 Å². The van der Waals surface area contributed by atoms with Crippen molar-refractivity contribution in [1.29, 1.82) is 0 Å². The van der Waals surface area contributed by atoms with E-state index in [0.717, 1.165) is 34.1 Å². The highest BCUT2D eigenvalue weighted by molar-refractivity contribution is 5.73. The minimum absolute atomic E-state index is 0.652. The number of nitrogens with one attached hydrogen (secondary N) is 2. The number of ether oxygens (including phenoxy) is 1. The third kappa shape index (κ3) is 3.65. The zero-order valence-corrected chi connectivity index (χ0v) is 15.3. The summed E-state index contributed by atoms with van der Waals surface area (Å²) < 4.78 is 7.86. The number of para-hydroxylation sites is 1. The number of fused-ring (bicyclic) bond motifs is 1. The maximum absolute atomic E-state index is 5.90. The molecule has 0 bridgehead atoms. The SMILES string of the molecule is C/C(=C\NN)c1cnc2c(Nc3cccc(Oc4ccccc4)c3)nccn12. The van der Waals surface area contributed by atoms with Crippen LogP contribution in [0.15, 0.2) is 79.4 Å². The highest BCUT2D eigenvalue weighted by Gasteiger charge is 2.10. The predicted molar refractivity (Wildman–Crippen MR) is 110 cm³/mol. The monoisotopic (exact) mass is 372 g/mol. The first-order valence-electron chi connectivity index (χ1n) is 8.80. The molecule has 4 rings (SSSR count). The van der Waals surface area contributed by atoms with Gasteiger partial charge >= 0.3 is 0 Å². The van der Waals surface area contributed by atoms with Crippen molar-refractivity contribution in [3.63, 3.8) is 0 Å². The molecule has 28 heavy (non-hydrogen) atoms. The average molecular weight is 372 g/mol. The molecule has 2 aromatic carbocycles. The third-order valence-corrected chi connectivity index (χ3v) is 4.21. The Labute approximate surface area is 162 Å². The summed E-state index contributed by atoms with van der Waals surface area (Å²) in [5.41, 5.74) is 6.02. The number of hydrogen-bond donors (Lipinski definition) is 3. The fourth-order valence-corrected chi connectivity index (χ4v) is 2.90. The molecule has 2 heterocycles. The number of anilines is 2. The minimum atomic E-state index is 0.652. The first kappa shape index (κ1) is 17.6. The molecule has 7 nitrogen and oxygen atoms in total. The van der Waals surface area contributed by atoms with Gasteiger partial charge in [0.15, 0.2) is 11.5 Å². The van der Waals surface area contributed by atoms with Gasteiger partial charge in [0, 0.05) is 30.3 Å². The van der Waals surface area contributed by atoms with Crippen LogP contribution < -0.4 is 21.3 Å². The van der Waals surface area contributed by atoms with E-state index in [9.17, 15) is 0 Å². The Kier molecular flexibility index (Phi) is 4.90. The van der Waals surface area contributed by atoms with E-state index in [4.69, 9.17) is 10.6 Å². The molecule has 0 spiro atoms. The predicted octanol–water partition coefficient (Wildman–Crippen LogP) is 4.09. The first-order chi connectivity index (χ1) is 13.7. The molecule has 140 valence electrons. The topological polar surface area (TPSA) is 89.5 Å². The number of allylic oxidation sites excluding steroid dienone is 1. The van der Waals surface area contributed by atoms with E-state index < -0.39 is 0 Å². The van der Waals surface area contributed by atoms with E-state index in [-0.39, 0.29) is 0 Å². The lowest BCUT2D eigenvalue weighted by Gasteiger charge is -2.10. The van der Waals surface area contributed by atoms with E-state index in [0.29, 0.717) is 5.82 Å². The smallest absolute Gasteiger partial charge is 0.180 e. The van der Waals surface area contributed by atoms with Crippen molar-refractivity contribution >= 4 is 22.7 Å². The zero-order chi connectivity index (χ0) is 19.3. The third-order valence-electron chi connectivity index (χ3n) is 4.21. The Balaban J connectivity index is 1.62. The quantitative estimate of drug-likeness (QED) is 0.349. The van der Waals surface area contributed by atoms with Crippen LogP contribution in [0.1, 0.15) is 12.6 Å². The number of imidazole rings is 1. The van der Waals surface area contributed by atoms with Crippen molar-refractivity contribution in [2.75, 3.05) is 5.32 Å². The number of aromatic nitrogens is 3. The van der Waals surface area contributed by atoms with Crippen LogP contribution in [-0.2, 0) is 0 Å². The number of hydrogen-bond acceptors (Lipinski definition) is 6. The Morgan fingerprint density at radius 1 is 1.07 bits per heavy atom. The van der Waals surface area contributed by atoms with E-state index >= 15 is 0 Å². The lowest BCUT2D eigenvalue weighted by Crippen LogP contribution is -2.14. The maximum Gasteiger partial charge on any atom is 0.180 e. The normalized spacial score (nSPS) is 11.4. The van der Waals surface area contributed by atoms with Gasteiger partial charge in [-0.25, -0.2) is 9.97 Å². The van der Waals surface area contributed by atoms with Gasteiger partial charge in [-0.15, -0.1) is 0 Å². The molecule has 0 amide bonds. The zero-order valence-electron chi connectivity index (χ0n) is 15.3. The van der Waals surface area contributed by atoms with E-state index in [1.165, 1.54) is 0 Å². The number of nitrogens with two attached hydrogens (primary N) is 1. The van der Waals surface area contributed by atoms with Crippen molar-refractivity contribution in [2.24, 2.45) is 5.84 Å². The summed E-state index contributed by atoms with van der Waals surface area (Å²) >= 11 is 0. The lowest BCUT2D eigenvalue weighted by atomic mass is 10.2. The van der Waals surface area contributed by atoms with E-state index in [2.05, 4.69) is 20.7 Å². The standard InChI is InChI=1S/C21H20N6O/c1-15(13-25-22)19-14-24-21-20(23-10-11-27(19)21)26-16-6-5-9-18(12-16)28-17-7-3-2-4-8-17/h2-14,25H,22H2,1H3,(H,23,26)/b15-13+. The van der Waals surface area contributed by atoms with Gasteiger partial charge in [0.2, 0.25) is 0 Å². The van der Waals surface area contributed by atoms with Crippen LogP contribution in [0.4, 0.5) is 11.5 Å². The van der Waals surface area contributed by atoms with Gasteiger partial charge in [-0.2, -0.15) is 0 Å². The highest BCUT2D eigenvalue weighted by Crippen LogP contribution is 2.27. The minimum Gasteiger partial charge on any atom is -0.457 e. The van der Waals surface area contributed by atoms with Gasteiger partial charge in [0.1, 0.15) is 11.5 Å². The first-order valence-corrected chi connectivity index (χ1v) is 8.80. The molecular weight excluding hydrogens is 352 g/mol. The molecule has 4 aromatic rings. The Morgan fingerprint density at radius 3 is 2.71 bits per heavy atom. The van der Waals surface area contributed by atoms with Gasteiger partial charge in [-0.05, 0) is 36.8 Å². The molecule has 0 saturated heterocycles. The molecule has 0 aliphatic carbocycles. The summed E-state index contributed by atoms with van der Waals surface area (Å²) in [6, 6.07) is 17.4. The van der Waals surface area contributed by atoms with Crippen LogP contribution >= 0.6 is 0 Å². The summed E-state index contributed by atoms with van der Waals surface area (Å²) in [7, 11) is 0. The Morgan fingerprint density at radius 2 is 1.89 bits per heavy atom. The fourth-order valence-electron chi connectivity index (χ4n) is 2.90. The molecular formula is C21H20N6O. The molecule has 0 saturated carbocycles. The van der Waals surface area contributed by atoms with Crippen molar-refractivity contribution < 1.29 is 4.74 Å². The van der Waals surface area contributed by atoms with Gasteiger partial charge in [0.25, 0.3) is 0 Å². The molecule has 0 radical (unpaired) electrons. The summed E-state index contributed by atoms with van der Waals surface area (Å²) in [4.78, 5) is 8.95. The fraction of sp³-hybridized carbons (Fsp3) is 0.0476. The van der Waals surface area contributed by atoms with E-state index in [1.54, 1.807) is 18.6 Å². The second-order valence-electron chi connectivity index (χ2n) is 6.17. The second-order valence-corrected chi connectivity index (χ2v) is 6.17. The second kappa shape index (κ2) is 7.81. The molecule has 0 unspecified atom stereocenters. The van der Waals surface area contributed by atoms with Crippen LogP contribution in [0.25, 0.3) is 11.2 Å². The van der Waals surface area contributed by atoms with Crippen molar-refractivity contribution in [3.8, 4) is 11.5 Å². The number of rotatable bonds is 6. The van der Waals surface area contributed by atoms with Crippen LogP contribution in [0.2, 0.25) is 0 Å². The highest BCUT2D eigenvalue weighted by atomic mass is 16.5. The largest absolute Gasteiger partial charge is 0.457 e. The molecule has 0 fully saturated rings. The van der Waals surface area contributed by atoms with Crippen LogP contribution in [-0.4, -0.2) is 14.4 Å². The molecule has 0 aliphatic heterocycles. The van der Waals surface area contributed by atoms with Crippen molar-refractivity contribution in [1.82, 2.24) is 19.8 Å². The van der Waals surface area contributed by atoms with Gasteiger partial charge < -0.3 is 15.5 Å². The Bertz CT molecular complexity index is 1120. The van der Waals surface area contributed by atoms with Crippen LogP contribution in [0.3, 0.4) is 0 Å². The van der Waals surface area contributed by atoms with Crippen LogP contribution in [0, 0.1) is 0 Å². The molecule has 0 aliphatic rings. The summed E-state index contributed by atoms with van der Waals surface area (Å²) in [5.74, 6) is 7.56. The maximum atomic E-state index is 5.90. The molecule has 2 aromatic heterocycles. The van der Waals surface area contributed by atoms with E-state index in [1.807, 2.05) is 72.1 Å². The lowest BCUT2D eigenvalue weighted by molar-refractivity contribution is 0.483. The van der Waals surface area contributed by atoms with Crippen molar-refractivity contribution in [2.45, 2.75) is 6.92 Å². The molecule has 0 atom stereocenters. The summed E-state index contributed by atoms with van der Waals surface area (Å²) in [5, 5.41) is 3.32. The summed E-state index contributed by atoms with van der Waals surface area (Å²) in [6.45, 7) is 1.96. The number of hydrazine groups is 1. The van der Waals surface area contributed by atoms with Crippen LogP contribution in [0.5, 0.6) is 11.5 Å². The average Bonchev–Trinajstić information content (AvgIpc) is 3.15. The Hall–Kier alpha value is -3.84. The molecule has 7 heteroatoms. The number of nitrogens with zero attached hydrogens (tertiary/aromatic N) is 3. The van der Waals surface area contributed by atoms with Gasteiger partial charge in [0.05, 0.1) is 11.9 Å². The number of benzene rings is 2. The van der Waals surface area contributed by atoms with Gasteiger partial charge in [-0.1, -0.05) is 24.3 Å². The van der Waals surface area contributed by atoms with Gasteiger partial charge in [-0.3, -0.25) is 10.2 Å². The summed E-state index contributed by atoms with van der Waals surface area (Å²) in [6.07, 6.45) is 7.11. The molecule has 4 N–H and O–H groups in total.